The van der Waals surface area contributed by atoms with Crippen LogP contribution in [0.2, 0.25) is 0 Å². The highest BCUT2D eigenvalue weighted by Gasteiger charge is 2.11. The molecule has 0 radical (unpaired) electrons. The van der Waals surface area contributed by atoms with Crippen LogP contribution in [0.1, 0.15) is 11.1 Å². The third-order valence-electron chi connectivity index (χ3n) is 3.30. The van der Waals surface area contributed by atoms with E-state index in [1.54, 1.807) is 5.48 Å². The third-order valence-corrected chi connectivity index (χ3v) is 3.30. The molecule has 0 aliphatic heterocycles. The molecule has 2 rings (SSSR count). The van der Waals surface area contributed by atoms with Gasteiger partial charge in [-0.3, -0.25) is 14.9 Å². The van der Waals surface area contributed by atoms with E-state index in [1.165, 1.54) is 5.56 Å². The van der Waals surface area contributed by atoms with Crippen molar-refractivity contribution in [3.8, 4) is 0 Å². The first-order chi connectivity index (χ1) is 10.3. The first-order valence-electron chi connectivity index (χ1n) is 7.01. The van der Waals surface area contributed by atoms with E-state index in [1.807, 2.05) is 53.4 Å². The number of rotatable bonds is 7. The maximum Gasteiger partial charge on any atom is 0.257 e. The topological polar surface area (TPSA) is 52.6 Å². The van der Waals surface area contributed by atoms with Gasteiger partial charge in [-0.1, -0.05) is 60.7 Å². The molecule has 0 atom stereocenters. The Labute approximate surface area is 125 Å². The summed E-state index contributed by atoms with van der Waals surface area (Å²) < 4.78 is 0. The average Bonchev–Trinajstić information content (AvgIpc) is 2.54. The van der Waals surface area contributed by atoms with Gasteiger partial charge in [-0.2, -0.15) is 0 Å². The fraction of sp³-hybridized carbons (Fsp3) is 0.235. The summed E-state index contributed by atoms with van der Waals surface area (Å²) in [5.74, 6) is -0.390. The zero-order valence-electron chi connectivity index (χ0n) is 11.9. The zero-order chi connectivity index (χ0) is 14.9. The van der Waals surface area contributed by atoms with Crippen LogP contribution in [0.3, 0.4) is 0 Å². The second kappa shape index (κ2) is 8.19. The van der Waals surface area contributed by atoms with Crippen molar-refractivity contribution in [2.24, 2.45) is 0 Å². The lowest BCUT2D eigenvalue weighted by molar-refractivity contribution is -0.130. The van der Waals surface area contributed by atoms with E-state index < -0.39 is 0 Å². The normalized spacial score (nSPS) is 10.6. The highest BCUT2D eigenvalue weighted by atomic mass is 16.5. The van der Waals surface area contributed by atoms with E-state index in [9.17, 15) is 4.79 Å². The van der Waals surface area contributed by atoms with Crippen LogP contribution in [-0.4, -0.2) is 29.1 Å². The summed E-state index contributed by atoms with van der Waals surface area (Å²) in [6.45, 7) is 1.62. The van der Waals surface area contributed by atoms with Gasteiger partial charge in [0.25, 0.3) is 5.91 Å². The number of benzene rings is 2. The molecule has 0 saturated carbocycles. The Morgan fingerprint density at radius 2 is 1.52 bits per heavy atom. The minimum absolute atomic E-state index is 0.179. The van der Waals surface area contributed by atoms with E-state index in [0.29, 0.717) is 6.54 Å². The van der Waals surface area contributed by atoms with Crippen LogP contribution >= 0.6 is 0 Å². The van der Waals surface area contributed by atoms with Gasteiger partial charge in [0.05, 0.1) is 6.54 Å². The Morgan fingerprint density at radius 3 is 2.10 bits per heavy atom. The molecular weight excluding hydrogens is 264 g/mol. The maximum absolute atomic E-state index is 11.4. The first-order valence-corrected chi connectivity index (χ1v) is 7.01. The molecule has 21 heavy (non-hydrogen) atoms. The Hall–Kier alpha value is -2.17. The molecule has 2 aromatic carbocycles. The Morgan fingerprint density at radius 1 is 0.952 bits per heavy atom. The molecule has 0 heterocycles. The SMILES string of the molecule is O=C(CN(CCc1ccccc1)Cc1ccccc1)NO. The van der Waals surface area contributed by atoms with Gasteiger partial charge in [0.2, 0.25) is 0 Å². The van der Waals surface area contributed by atoms with E-state index >= 15 is 0 Å². The van der Waals surface area contributed by atoms with Crippen molar-refractivity contribution < 1.29 is 10.0 Å². The molecule has 110 valence electrons. The van der Waals surface area contributed by atoms with E-state index in [-0.39, 0.29) is 12.5 Å². The lowest BCUT2D eigenvalue weighted by Gasteiger charge is -2.21. The number of nitrogens with one attached hydrogen (secondary N) is 1. The Bertz CT molecular complexity index is 543. The molecule has 0 unspecified atom stereocenters. The smallest absolute Gasteiger partial charge is 0.257 e. The second-order valence-electron chi connectivity index (χ2n) is 4.97. The van der Waals surface area contributed by atoms with Crippen LogP contribution in [0, 0.1) is 0 Å². The molecule has 0 bridgehead atoms. The number of amides is 1. The summed E-state index contributed by atoms with van der Waals surface area (Å²) in [6, 6.07) is 20.2. The first kappa shape index (κ1) is 15.2. The summed E-state index contributed by atoms with van der Waals surface area (Å²) in [6.07, 6.45) is 0.867. The minimum Gasteiger partial charge on any atom is -0.290 e. The van der Waals surface area contributed by atoms with Crippen LogP contribution in [0.25, 0.3) is 0 Å². The number of carbonyl (C=O) groups excluding carboxylic acids is 1. The fourth-order valence-corrected chi connectivity index (χ4v) is 2.23. The molecule has 0 aliphatic rings. The van der Waals surface area contributed by atoms with Crippen LogP contribution in [0.5, 0.6) is 0 Å². The maximum atomic E-state index is 11.4. The number of carbonyl (C=O) groups is 1. The fourth-order valence-electron chi connectivity index (χ4n) is 2.23. The Balaban J connectivity index is 1.96. The molecular formula is C17H20N2O2. The quantitative estimate of drug-likeness (QED) is 0.605. The lowest BCUT2D eigenvalue weighted by Crippen LogP contribution is -2.36. The van der Waals surface area contributed by atoms with Gasteiger partial charge in [-0.25, -0.2) is 5.48 Å². The molecule has 1 amide bonds. The summed E-state index contributed by atoms with van der Waals surface area (Å²) in [5.41, 5.74) is 4.08. The van der Waals surface area contributed by atoms with Crippen LogP contribution in [0.4, 0.5) is 0 Å². The summed E-state index contributed by atoms with van der Waals surface area (Å²) >= 11 is 0. The van der Waals surface area contributed by atoms with Crippen LogP contribution in [-0.2, 0) is 17.8 Å². The highest BCUT2D eigenvalue weighted by molar-refractivity contribution is 5.76. The van der Waals surface area contributed by atoms with Gasteiger partial charge in [-0.15, -0.1) is 0 Å². The number of hydrogen-bond donors (Lipinski definition) is 2. The average molecular weight is 284 g/mol. The molecule has 0 saturated heterocycles. The summed E-state index contributed by atoms with van der Waals surface area (Å²) in [5, 5.41) is 8.71. The van der Waals surface area contributed by atoms with Crippen molar-refractivity contribution in [2.75, 3.05) is 13.1 Å². The van der Waals surface area contributed by atoms with Crippen LogP contribution < -0.4 is 5.48 Å². The van der Waals surface area contributed by atoms with Gasteiger partial charge < -0.3 is 0 Å². The predicted octanol–water partition coefficient (Wildman–Crippen LogP) is 2.24. The molecule has 0 spiro atoms. The number of hydroxylamine groups is 1. The van der Waals surface area contributed by atoms with Crippen molar-refractivity contribution in [2.45, 2.75) is 13.0 Å². The molecule has 0 fully saturated rings. The van der Waals surface area contributed by atoms with Gasteiger partial charge in [0, 0.05) is 13.1 Å². The third kappa shape index (κ3) is 5.38. The van der Waals surface area contributed by atoms with Crippen LogP contribution in [0.15, 0.2) is 60.7 Å². The molecule has 2 aromatic rings. The van der Waals surface area contributed by atoms with Crippen molar-refractivity contribution in [1.82, 2.24) is 10.4 Å². The van der Waals surface area contributed by atoms with E-state index in [0.717, 1.165) is 18.5 Å². The molecule has 4 heteroatoms. The molecule has 0 aliphatic carbocycles. The van der Waals surface area contributed by atoms with Crippen molar-refractivity contribution in [3.05, 3.63) is 71.8 Å². The minimum atomic E-state index is -0.390. The van der Waals surface area contributed by atoms with Gasteiger partial charge in [0.1, 0.15) is 0 Å². The number of nitrogens with zero attached hydrogens (tertiary/aromatic N) is 1. The predicted molar refractivity (Wildman–Crippen MR) is 81.8 cm³/mol. The lowest BCUT2D eigenvalue weighted by atomic mass is 10.1. The summed E-state index contributed by atoms with van der Waals surface area (Å²) in [7, 11) is 0. The Kier molecular flexibility index (Phi) is 5.94. The highest BCUT2D eigenvalue weighted by Crippen LogP contribution is 2.07. The number of hydrogen-bond acceptors (Lipinski definition) is 3. The molecule has 4 nitrogen and oxygen atoms in total. The molecule has 2 N–H and O–H groups in total. The van der Waals surface area contributed by atoms with Crippen molar-refractivity contribution in [3.63, 3.8) is 0 Å². The second-order valence-corrected chi connectivity index (χ2v) is 4.97. The van der Waals surface area contributed by atoms with Gasteiger partial charge in [0.15, 0.2) is 0 Å². The largest absolute Gasteiger partial charge is 0.290 e. The van der Waals surface area contributed by atoms with Gasteiger partial charge in [-0.05, 0) is 17.5 Å². The van der Waals surface area contributed by atoms with Crippen molar-refractivity contribution >= 4 is 5.91 Å². The monoisotopic (exact) mass is 284 g/mol. The summed E-state index contributed by atoms with van der Waals surface area (Å²) in [4.78, 5) is 13.4. The molecule has 0 aromatic heterocycles. The van der Waals surface area contributed by atoms with Crippen molar-refractivity contribution in [1.29, 1.82) is 0 Å². The zero-order valence-corrected chi connectivity index (χ0v) is 11.9. The van der Waals surface area contributed by atoms with E-state index in [4.69, 9.17) is 5.21 Å². The van der Waals surface area contributed by atoms with E-state index in [2.05, 4.69) is 12.1 Å². The van der Waals surface area contributed by atoms with Gasteiger partial charge >= 0.3 is 0 Å². The standard InChI is InChI=1S/C17H20N2O2/c20-17(18-21)14-19(13-16-9-5-2-6-10-16)12-11-15-7-3-1-4-8-15/h1-10,21H,11-14H2,(H,18,20).